The molecule has 0 bridgehead atoms. The zero-order chi connectivity index (χ0) is 17.6. The number of aromatic nitrogens is 5. The number of hydrogen-bond donors (Lipinski definition) is 2. The molecule has 9 heteroatoms. The summed E-state index contributed by atoms with van der Waals surface area (Å²) in [6.07, 6.45) is 6.19. The summed E-state index contributed by atoms with van der Waals surface area (Å²) in [6, 6.07) is -0.0767. The van der Waals surface area contributed by atoms with E-state index in [1.807, 2.05) is 20.2 Å². The Balaban J connectivity index is 1.54. The largest absolute Gasteiger partial charge is 0.344 e. The number of carbonyl (C=O) groups is 1. The van der Waals surface area contributed by atoms with E-state index in [0.717, 1.165) is 51.3 Å². The van der Waals surface area contributed by atoms with Crippen LogP contribution in [0.1, 0.15) is 35.4 Å². The maximum atomic E-state index is 12.4. The number of aryl methyl sites for hydroxylation is 1. The van der Waals surface area contributed by atoms with Crippen molar-refractivity contribution in [3.63, 3.8) is 0 Å². The van der Waals surface area contributed by atoms with E-state index in [0.29, 0.717) is 5.69 Å². The first-order chi connectivity index (χ1) is 12.2. The third-order valence-corrected chi connectivity index (χ3v) is 4.47. The fourth-order valence-electron chi connectivity index (χ4n) is 2.96. The Bertz CT molecular complexity index is 688. The predicted molar refractivity (Wildman–Crippen MR) is 93.0 cm³/mol. The summed E-state index contributed by atoms with van der Waals surface area (Å²) in [5.41, 5.74) is 1.34. The predicted octanol–water partition coefficient (Wildman–Crippen LogP) is -0.202. The van der Waals surface area contributed by atoms with Crippen molar-refractivity contribution in [3.05, 3.63) is 29.8 Å². The van der Waals surface area contributed by atoms with Crippen molar-refractivity contribution < 1.29 is 4.79 Å². The summed E-state index contributed by atoms with van der Waals surface area (Å²) < 4.78 is 3.47. The highest BCUT2D eigenvalue weighted by atomic mass is 16.2. The molecule has 136 valence electrons. The maximum Gasteiger partial charge on any atom is 0.273 e. The summed E-state index contributed by atoms with van der Waals surface area (Å²) in [6.45, 7) is 7.83. The Labute approximate surface area is 147 Å². The van der Waals surface area contributed by atoms with Crippen LogP contribution >= 0.6 is 0 Å². The van der Waals surface area contributed by atoms with Crippen molar-refractivity contribution in [2.75, 3.05) is 32.7 Å². The summed E-state index contributed by atoms with van der Waals surface area (Å²) >= 11 is 0. The highest BCUT2D eigenvalue weighted by Crippen LogP contribution is 2.15. The quantitative estimate of drug-likeness (QED) is 0.721. The average molecular weight is 346 g/mol. The van der Waals surface area contributed by atoms with Crippen LogP contribution in [-0.2, 0) is 13.6 Å². The summed E-state index contributed by atoms with van der Waals surface area (Å²) in [7, 11) is 1.86. The van der Waals surface area contributed by atoms with Crippen LogP contribution in [0.5, 0.6) is 0 Å². The number of hydrogen-bond acceptors (Lipinski definition) is 6. The maximum absolute atomic E-state index is 12.4. The molecule has 1 fully saturated rings. The highest BCUT2D eigenvalue weighted by Gasteiger charge is 2.18. The third-order valence-electron chi connectivity index (χ3n) is 4.47. The van der Waals surface area contributed by atoms with E-state index in [-0.39, 0.29) is 11.9 Å². The highest BCUT2D eigenvalue weighted by molar-refractivity contribution is 5.92. The number of piperazine rings is 1. The van der Waals surface area contributed by atoms with Gasteiger partial charge >= 0.3 is 0 Å². The van der Waals surface area contributed by atoms with Crippen LogP contribution in [0.3, 0.4) is 0 Å². The summed E-state index contributed by atoms with van der Waals surface area (Å²) in [5, 5.41) is 18.6. The molecule has 25 heavy (non-hydrogen) atoms. The van der Waals surface area contributed by atoms with Gasteiger partial charge in [0.05, 0.1) is 25.0 Å². The lowest BCUT2D eigenvalue weighted by Crippen LogP contribution is -2.44. The second-order valence-electron chi connectivity index (χ2n) is 6.34. The molecule has 1 amide bonds. The minimum Gasteiger partial charge on any atom is -0.344 e. The Morgan fingerprint density at radius 2 is 2.12 bits per heavy atom. The van der Waals surface area contributed by atoms with Gasteiger partial charge in [-0.3, -0.25) is 19.1 Å². The van der Waals surface area contributed by atoms with Crippen LogP contribution < -0.4 is 10.6 Å². The van der Waals surface area contributed by atoms with E-state index < -0.39 is 0 Å². The van der Waals surface area contributed by atoms with Crippen molar-refractivity contribution in [3.8, 4) is 0 Å². The monoisotopic (exact) mass is 346 g/mol. The van der Waals surface area contributed by atoms with Gasteiger partial charge in [0.2, 0.25) is 0 Å². The van der Waals surface area contributed by atoms with Crippen molar-refractivity contribution >= 4 is 5.91 Å². The van der Waals surface area contributed by atoms with Gasteiger partial charge in [0.15, 0.2) is 5.69 Å². The fourth-order valence-corrected chi connectivity index (χ4v) is 2.96. The standard InChI is InChI=1S/C16H26N8O/c1-3-14(13-10-18-22(2)11-13)19-16(25)15-12-24(21-20-15)9-8-23-6-4-17-5-7-23/h10-12,14,17H,3-9H2,1-2H3,(H,19,25)/t14-/m1/s1. The molecule has 3 heterocycles. The zero-order valence-electron chi connectivity index (χ0n) is 14.9. The van der Waals surface area contributed by atoms with Gasteiger partial charge in [-0.15, -0.1) is 5.10 Å². The second kappa shape index (κ2) is 8.21. The SMILES string of the molecule is CC[C@@H](NC(=O)c1cn(CCN2CCNCC2)nn1)c1cnn(C)c1. The van der Waals surface area contributed by atoms with E-state index in [4.69, 9.17) is 0 Å². The molecule has 1 atom stereocenters. The average Bonchev–Trinajstić information content (AvgIpc) is 3.28. The lowest BCUT2D eigenvalue weighted by Gasteiger charge is -2.26. The number of carbonyl (C=O) groups excluding carboxylic acids is 1. The molecule has 0 spiro atoms. The topological polar surface area (TPSA) is 92.9 Å². The van der Waals surface area contributed by atoms with Crippen LogP contribution in [0.4, 0.5) is 0 Å². The van der Waals surface area contributed by atoms with E-state index in [1.165, 1.54) is 0 Å². The van der Waals surface area contributed by atoms with Gasteiger partial charge in [-0.05, 0) is 6.42 Å². The summed E-state index contributed by atoms with van der Waals surface area (Å²) in [4.78, 5) is 14.8. The number of amides is 1. The normalized spacial score (nSPS) is 16.7. The Hall–Kier alpha value is -2.26. The Morgan fingerprint density at radius 3 is 2.80 bits per heavy atom. The molecule has 3 rings (SSSR count). The number of rotatable bonds is 7. The molecule has 1 aliphatic rings. The Morgan fingerprint density at radius 1 is 1.32 bits per heavy atom. The van der Waals surface area contributed by atoms with Crippen molar-refractivity contribution in [2.24, 2.45) is 7.05 Å². The lowest BCUT2D eigenvalue weighted by molar-refractivity contribution is 0.0930. The van der Waals surface area contributed by atoms with Gasteiger partial charge < -0.3 is 10.6 Å². The molecule has 0 radical (unpaired) electrons. The van der Waals surface area contributed by atoms with E-state index in [9.17, 15) is 4.79 Å². The molecule has 9 nitrogen and oxygen atoms in total. The third kappa shape index (κ3) is 4.64. The van der Waals surface area contributed by atoms with Crippen molar-refractivity contribution in [1.82, 2.24) is 40.3 Å². The van der Waals surface area contributed by atoms with Crippen LogP contribution in [0, 0.1) is 0 Å². The van der Waals surface area contributed by atoms with Crippen molar-refractivity contribution in [1.29, 1.82) is 0 Å². The minimum absolute atomic E-state index is 0.0767. The van der Waals surface area contributed by atoms with Gasteiger partial charge in [-0.2, -0.15) is 5.10 Å². The first-order valence-corrected chi connectivity index (χ1v) is 8.78. The molecule has 0 saturated carbocycles. The van der Waals surface area contributed by atoms with Gasteiger partial charge in [-0.25, -0.2) is 0 Å². The molecule has 0 unspecified atom stereocenters. The number of nitrogens with zero attached hydrogens (tertiary/aromatic N) is 6. The smallest absolute Gasteiger partial charge is 0.273 e. The van der Waals surface area contributed by atoms with Gasteiger partial charge in [0.1, 0.15) is 0 Å². The summed E-state index contributed by atoms with van der Waals surface area (Å²) in [5.74, 6) is -0.205. The molecule has 2 aromatic heterocycles. The van der Waals surface area contributed by atoms with Gasteiger partial charge in [0.25, 0.3) is 5.91 Å². The molecule has 0 aliphatic carbocycles. The van der Waals surface area contributed by atoms with Crippen LogP contribution in [0.25, 0.3) is 0 Å². The van der Waals surface area contributed by atoms with Gasteiger partial charge in [0, 0.05) is 51.5 Å². The number of nitrogens with one attached hydrogen (secondary N) is 2. The molecule has 2 aromatic rings. The van der Waals surface area contributed by atoms with Crippen LogP contribution in [0.15, 0.2) is 18.6 Å². The molecular formula is C16H26N8O. The van der Waals surface area contributed by atoms with E-state index >= 15 is 0 Å². The Kier molecular flexibility index (Phi) is 5.77. The van der Waals surface area contributed by atoms with E-state index in [2.05, 4.69) is 30.9 Å². The van der Waals surface area contributed by atoms with Gasteiger partial charge in [-0.1, -0.05) is 12.1 Å². The molecule has 1 saturated heterocycles. The second-order valence-corrected chi connectivity index (χ2v) is 6.34. The molecule has 0 aromatic carbocycles. The van der Waals surface area contributed by atoms with Crippen molar-refractivity contribution in [2.45, 2.75) is 25.9 Å². The van der Waals surface area contributed by atoms with Crippen LogP contribution in [0.2, 0.25) is 0 Å². The van der Waals surface area contributed by atoms with E-state index in [1.54, 1.807) is 21.8 Å². The minimum atomic E-state index is -0.205. The fraction of sp³-hybridized carbons (Fsp3) is 0.625. The lowest BCUT2D eigenvalue weighted by atomic mass is 10.1. The zero-order valence-corrected chi connectivity index (χ0v) is 14.9. The van der Waals surface area contributed by atoms with Crippen LogP contribution in [-0.4, -0.2) is 68.3 Å². The molecule has 1 aliphatic heterocycles. The molecule has 2 N–H and O–H groups in total. The first-order valence-electron chi connectivity index (χ1n) is 8.78. The molecular weight excluding hydrogens is 320 g/mol. The first kappa shape index (κ1) is 17.6.